The minimum Gasteiger partial charge on any atom is -0.494 e. The molecule has 1 heterocycles. The van der Waals surface area contributed by atoms with Crippen molar-refractivity contribution < 1.29 is 14.8 Å². The Bertz CT molecular complexity index is 485. The summed E-state index contributed by atoms with van der Waals surface area (Å²) in [7, 11) is 0. The Morgan fingerprint density at radius 2 is 2.14 bits per heavy atom. The summed E-state index contributed by atoms with van der Waals surface area (Å²) < 4.78 is 5.57. The molecule has 1 aliphatic heterocycles. The van der Waals surface area contributed by atoms with Gasteiger partial charge in [0.2, 0.25) is 0 Å². The zero-order valence-electron chi connectivity index (χ0n) is 12.3. The smallest absolute Gasteiger partial charge is 0.270 e. The number of aliphatic hydroxyl groups excluding tert-OH is 1. The lowest BCUT2D eigenvalue weighted by molar-refractivity contribution is -0.385. The van der Waals surface area contributed by atoms with Crippen molar-refractivity contribution in [3.05, 3.63) is 33.9 Å². The predicted octanol–water partition coefficient (Wildman–Crippen LogP) is 2.20. The molecule has 0 amide bonds. The Hall–Kier alpha value is -1.66. The number of benzene rings is 1. The number of non-ortho nitro benzene ring substituents is 1. The second-order valence-electron chi connectivity index (χ2n) is 5.38. The molecule has 0 aliphatic carbocycles. The van der Waals surface area contributed by atoms with Gasteiger partial charge in [0.05, 0.1) is 11.5 Å². The number of nitrogens with zero attached hydrogens (tertiary/aromatic N) is 2. The number of ether oxygens (including phenoxy) is 1. The maximum Gasteiger partial charge on any atom is 0.270 e. The van der Waals surface area contributed by atoms with Crippen molar-refractivity contribution in [2.24, 2.45) is 5.92 Å². The highest BCUT2D eigenvalue weighted by Gasteiger charge is 2.20. The molecule has 116 valence electrons. The molecule has 1 aliphatic rings. The summed E-state index contributed by atoms with van der Waals surface area (Å²) in [6.07, 6.45) is 1.94. The van der Waals surface area contributed by atoms with Gasteiger partial charge in [-0.25, -0.2) is 0 Å². The minimum atomic E-state index is -0.378. The van der Waals surface area contributed by atoms with Crippen LogP contribution in [0, 0.1) is 16.0 Å². The van der Waals surface area contributed by atoms with E-state index in [1.807, 2.05) is 6.92 Å². The van der Waals surface area contributed by atoms with E-state index in [-0.39, 0.29) is 17.2 Å². The number of piperidine rings is 1. The predicted molar refractivity (Wildman–Crippen MR) is 79.4 cm³/mol. The number of aliphatic hydroxyl groups is 1. The van der Waals surface area contributed by atoms with E-state index in [0.29, 0.717) is 24.8 Å². The molecule has 0 atom stereocenters. The average Bonchev–Trinajstić information content (AvgIpc) is 2.50. The molecule has 1 N–H and O–H groups in total. The monoisotopic (exact) mass is 294 g/mol. The third-order valence-corrected chi connectivity index (χ3v) is 3.91. The van der Waals surface area contributed by atoms with Crippen LogP contribution in [0.25, 0.3) is 0 Å². The normalized spacial score (nSPS) is 16.9. The summed E-state index contributed by atoms with van der Waals surface area (Å²) >= 11 is 0. The van der Waals surface area contributed by atoms with Gasteiger partial charge < -0.3 is 9.84 Å². The van der Waals surface area contributed by atoms with Gasteiger partial charge in [0.15, 0.2) is 0 Å². The molecular formula is C15H22N2O4. The molecule has 6 nitrogen and oxygen atoms in total. The van der Waals surface area contributed by atoms with Crippen LogP contribution in [0.4, 0.5) is 5.69 Å². The molecule has 21 heavy (non-hydrogen) atoms. The lowest BCUT2D eigenvalue weighted by Gasteiger charge is -2.31. The van der Waals surface area contributed by atoms with Gasteiger partial charge in [0, 0.05) is 30.8 Å². The fourth-order valence-corrected chi connectivity index (χ4v) is 2.67. The molecule has 0 aromatic heterocycles. The molecule has 0 saturated carbocycles. The van der Waals surface area contributed by atoms with Crippen LogP contribution >= 0.6 is 0 Å². The van der Waals surface area contributed by atoms with Gasteiger partial charge in [-0.2, -0.15) is 0 Å². The van der Waals surface area contributed by atoms with Crippen molar-refractivity contribution >= 4 is 5.69 Å². The highest BCUT2D eigenvalue weighted by atomic mass is 16.6. The Kier molecular flexibility index (Phi) is 5.52. The third kappa shape index (κ3) is 4.15. The molecule has 1 aromatic carbocycles. The number of rotatable bonds is 6. The van der Waals surface area contributed by atoms with Gasteiger partial charge in [0.25, 0.3) is 5.69 Å². The van der Waals surface area contributed by atoms with Crippen LogP contribution in [0.15, 0.2) is 18.2 Å². The first-order chi connectivity index (χ1) is 10.1. The van der Waals surface area contributed by atoms with E-state index in [2.05, 4.69) is 4.90 Å². The van der Waals surface area contributed by atoms with E-state index < -0.39 is 0 Å². The summed E-state index contributed by atoms with van der Waals surface area (Å²) in [5.41, 5.74) is 0.951. The maximum absolute atomic E-state index is 10.9. The molecule has 6 heteroatoms. The SMILES string of the molecule is CCOc1ccc([N+](=O)[O-])cc1CN1CCC(CO)CC1. The molecule has 0 spiro atoms. The first kappa shape index (κ1) is 15.7. The van der Waals surface area contributed by atoms with Crippen LogP contribution in [0.3, 0.4) is 0 Å². The molecule has 0 radical (unpaired) electrons. The van der Waals surface area contributed by atoms with E-state index in [4.69, 9.17) is 9.84 Å². The van der Waals surface area contributed by atoms with Crippen molar-refractivity contribution in [2.75, 3.05) is 26.3 Å². The number of hydrogen-bond acceptors (Lipinski definition) is 5. The van der Waals surface area contributed by atoms with Crippen molar-refractivity contribution in [3.8, 4) is 5.75 Å². The molecular weight excluding hydrogens is 272 g/mol. The van der Waals surface area contributed by atoms with Gasteiger partial charge in [-0.05, 0) is 44.8 Å². The zero-order valence-corrected chi connectivity index (χ0v) is 12.3. The lowest BCUT2D eigenvalue weighted by Crippen LogP contribution is -2.34. The number of hydrogen-bond donors (Lipinski definition) is 1. The number of nitro groups is 1. The topological polar surface area (TPSA) is 75.8 Å². The second-order valence-corrected chi connectivity index (χ2v) is 5.38. The van der Waals surface area contributed by atoms with Gasteiger partial charge in [-0.1, -0.05) is 0 Å². The van der Waals surface area contributed by atoms with Gasteiger partial charge in [-0.15, -0.1) is 0 Å². The van der Waals surface area contributed by atoms with E-state index in [0.717, 1.165) is 31.5 Å². The number of nitro benzene ring substituents is 1. The zero-order chi connectivity index (χ0) is 15.2. The molecule has 0 unspecified atom stereocenters. The molecule has 1 fully saturated rings. The van der Waals surface area contributed by atoms with Crippen molar-refractivity contribution in [3.63, 3.8) is 0 Å². The summed E-state index contributed by atoms with van der Waals surface area (Å²) in [5.74, 6) is 1.10. The van der Waals surface area contributed by atoms with E-state index >= 15 is 0 Å². The van der Waals surface area contributed by atoms with E-state index in [9.17, 15) is 10.1 Å². The fourth-order valence-electron chi connectivity index (χ4n) is 2.67. The Labute approximate surface area is 124 Å². The highest BCUT2D eigenvalue weighted by molar-refractivity contribution is 5.43. The van der Waals surface area contributed by atoms with Crippen LogP contribution in [0.1, 0.15) is 25.3 Å². The fraction of sp³-hybridized carbons (Fsp3) is 0.600. The summed E-state index contributed by atoms with van der Waals surface area (Å²) in [6, 6.07) is 4.76. The van der Waals surface area contributed by atoms with Gasteiger partial charge in [0.1, 0.15) is 5.75 Å². The molecule has 2 rings (SSSR count). The maximum atomic E-state index is 10.9. The standard InChI is InChI=1S/C15H22N2O4/c1-2-21-15-4-3-14(17(19)20)9-13(15)10-16-7-5-12(11-18)6-8-16/h3-4,9,12,18H,2,5-8,10-11H2,1H3. The molecule has 1 saturated heterocycles. The van der Waals surface area contributed by atoms with Crippen molar-refractivity contribution in [1.82, 2.24) is 4.90 Å². The Morgan fingerprint density at radius 3 is 2.71 bits per heavy atom. The van der Waals surface area contributed by atoms with Crippen LogP contribution in [-0.2, 0) is 6.54 Å². The van der Waals surface area contributed by atoms with Gasteiger partial charge >= 0.3 is 0 Å². The first-order valence-electron chi connectivity index (χ1n) is 7.37. The Balaban J connectivity index is 2.09. The minimum absolute atomic E-state index is 0.0960. The lowest BCUT2D eigenvalue weighted by atomic mass is 9.97. The highest BCUT2D eigenvalue weighted by Crippen LogP contribution is 2.27. The van der Waals surface area contributed by atoms with Crippen LogP contribution in [-0.4, -0.2) is 41.2 Å². The summed E-state index contributed by atoms with van der Waals surface area (Å²) in [6.45, 7) is 5.14. The van der Waals surface area contributed by atoms with Crippen LogP contribution in [0.5, 0.6) is 5.75 Å². The molecule has 1 aromatic rings. The van der Waals surface area contributed by atoms with Crippen LogP contribution in [0.2, 0.25) is 0 Å². The van der Waals surface area contributed by atoms with Gasteiger partial charge in [-0.3, -0.25) is 15.0 Å². The summed E-state index contributed by atoms with van der Waals surface area (Å²) in [5, 5.41) is 20.1. The van der Waals surface area contributed by atoms with E-state index in [1.54, 1.807) is 12.1 Å². The largest absolute Gasteiger partial charge is 0.494 e. The number of likely N-dealkylation sites (tertiary alicyclic amines) is 1. The summed E-state index contributed by atoms with van der Waals surface area (Å²) in [4.78, 5) is 12.8. The Morgan fingerprint density at radius 1 is 1.43 bits per heavy atom. The quantitative estimate of drug-likeness (QED) is 0.643. The first-order valence-corrected chi connectivity index (χ1v) is 7.37. The second kappa shape index (κ2) is 7.38. The van der Waals surface area contributed by atoms with Crippen LogP contribution < -0.4 is 4.74 Å². The average molecular weight is 294 g/mol. The van der Waals surface area contributed by atoms with Crippen molar-refractivity contribution in [2.45, 2.75) is 26.3 Å². The third-order valence-electron chi connectivity index (χ3n) is 3.91. The molecule has 0 bridgehead atoms. The van der Waals surface area contributed by atoms with E-state index in [1.165, 1.54) is 6.07 Å². The van der Waals surface area contributed by atoms with Crippen molar-refractivity contribution in [1.29, 1.82) is 0 Å².